The molecule has 132 valence electrons. The van der Waals surface area contributed by atoms with E-state index in [1.54, 1.807) is 45.0 Å². The summed E-state index contributed by atoms with van der Waals surface area (Å²) in [4.78, 5) is 22.7. The molecule has 0 aliphatic rings. The van der Waals surface area contributed by atoms with Gasteiger partial charge in [0.2, 0.25) is 0 Å². The number of hydrogen-bond acceptors (Lipinski definition) is 6. The van der Waals surface area contributed by atoms with Crippen molar-refractivity contribution in [2.45, 2.75) is 26.4 Å². The molecule has 0 atom stereocenters. The van der Waals surface area contributed by atoms with Crippen LogP contribution in [-0.2, 0) is 9.47 Å². The third kappa shape index (κ3) is 5.84. The first-order valence-corrected chi connectivity index (χ1v) is 7.64. The predicted octanol–water partition coefficient (Wildman–Crippen LogP) is 4.81. The van der Waals surface area contributed by atoms with Gasteiger partial charge in [0.25, 0.3) is 0 Å². The Morgan fingerprint density at radius 3 is 1.48 bits per heavy atom. The Morgan fingerprint density at radius 1 is 0.720 bits per heavy atom. The second-order valence-electron chi connectivity index (χ2n) is 6.17. The van der Waals surface area contributed by atoms with Gasteiger partial charge in [-0.1, -0.05) is 24.3 Å². The van der Waals surface area contributed by atoms with Crippen molar-refractivity contribution in [3.63, 3.8) is 0 Å². The zero-order valence-electron chi connectivity index (χ0n) is 14.6. The van der Waals surface area contributed by atoms with Crippen LogP contribution in [0.2, 0.25) is 0 Å². The number of hydrogen-bond donors (Lipinski definition) is 0. The van der Waals surface area contributed by atoms with E-state index in [1.807, 2.05) is 24.3 Å². The molecule has 6 nitrogen and oxygen atoms in total. The number of ether oxygens (including phenoxy) is 4. The van der Waals surface area contributed by atoms with Crippen molar-refractivity contribution in [1.29, 1.82) is 0 Å². The summed E-state index contributed by atoms with van der Waals surface area (Å²) in [5.74, 6) is 0.782. The summed E-state index contributed by atoms with van der Waals surface area (Å²) in [5.41, 5.74) is 1.23. The van der Waals surface area contributed by atoms with Gasteiger partial charge >= 0.3 is 12.3 Å². The van der Waals surface area contributed by atoms with Crippen molar-refractivity contribution in [1.82, 2.24) is 0 Å². The maximum absolute atomic E-state index is 11.6. The second kappa shape index (κ2) is 7.70. The number of carbonyl (C=O) groups excluding carboxylic acids is 2. The first-order chi connectivity index (χ1) is 11.8. The van der Waals surface area contributed by atoms with Gasteiger partial charge in [-0.25, -0.2) is 9.59 Å². The lowest BCUT2D eigenvalue weighted by molar-refractivity contribution is 0.0206. The molecular weight excluding hydrogens is 324 g/mol. The van der Waals surface area contributed by atoms with Crippen molar-refractivity contribution in [3.05, 3.63) is 48.5 Å². The molecule has 0 spiro atoms. The maximum atomic E-state index is 11.6. The Kier molecular flexibility index (Phi) is 5.64. The van der Waals surface area contributed by atoms with Crippen LogP contribution in [0.5, 0.6) is 11.5 Å². The quantitative estimate of drug-likeness (QED) is 0.587. The van der Waals surface area contributed by atoms with E-state index in [0.29, 0.717) is 11.5 Å². The third-order valence-electron chi connectivity index (χ3n) is 3.00. The van der Waals surface area contributed by atoms with Crippen LogP contribution in [0.15, 0.2) is 48.5 Å². The highest BCUT2D eigenvalue weighted by molar-refractivity contribution is 5.68. The molecule has 0 N–H and O–H groups in total. The average molecular weight is 344 g/mol. The minimum Gasteiger partial charge on any atom is -0.437 e. The van der Waals surface area contributed by atoms with E-state index < -0.39 is 17.9 Å². The lowest BCUT2D eigenvalue weighted by Crippen LogP contribution is -2.25. The van der Waals surface area contributed by atoms with Crippen LogP contribution in [0.3, 0.4) is 0 Å². The number of methoxy groups -OCH3 is 1. The highest BCUT2D eigenvalue weighted by Crippen LogP contribution is 2.25. The van der Waals surface area contributed by atoms with Crippen molar-refractivity contribution >= 4 is 12.3 Å². The summed E-state index contributed by atoms with van der Waals surface area (Å²) in [6.45, 7) is 5.31. The van der Waals surface area contributed by atoms with Gasteiger partial charge < -0.3 is 18.9 Å². The van der Waals surface area contributed by atoms with Crippen LogP contribution in [0, 0.1) is 0 Å². The van der Waals surface area contributed by atoms with E-state index in [0.717, 1.165) is 11.1 Å². The molecule has 0 aliphatic carbocycles. The lowest BCUT2D eigenvalue weighted by atomic mass is 10.1. The molecular formula is C19H20O6. The van der Waals surface area contributed by atoms with Gasteiger partial charge in [-0.15, -0.1) is 0 Å². The largest absolute Gasteiger partial charge is 0.514 e. The maximum Gasteiger partial charge on any atom is 0.514 e. The number of rotatable bonds is 3. The van der Waals surface area contributed by atoms with Crippen LogP contribution in [0.4, 0.5) is 9.59 Å². The highest BCUT2D eigenvalue weighted by atomic mass is 16.7. The molecule has 0 bridgehead atoms. The van der Waals surface area contributed by atoms with Crippen molar-refractivity contribution in [2.24, 2.45) is 0 Å². The smallest absolute Gasteiger partial charge is 0.437 e. The topological polar surface area (TPSA) is 71.1 Å². The summed E-state index contributed by atoms with van der Waals surface area (Å²) in [6.07, 6.45) is -1.51. The van der Waals surface area contributed by atoms with E-state index in [9.17, 15) is 9.59 Å². The van der Waals surface area contributed by atoms with E-state index in [-0.39, 0.29) is 0 Å². The summed E-state index contributed by atoms with van der Waals surface area (Å²) in [5, 5.41) is 0. The number of carbonyl (C=O) groups is 2. The molecule has 0 saturated heterocycles. The molecule has 2 aromatic carbocycles. The summed E-state index contributed by atoms with van der Waals surface area (Å²) in [6, 6.07) is 13.9. The molecule has 0 heterocycles. The van der Waals surface area contributed by atoms with Gasteiger partial charge in [-0.2, -0.15) is 0 Å². The zero-order valence-corrected chi connectivity index (χ0v) is 14.6. The molecule has 2 aromatic rings. The third-order valence-corrected chi connectivity index (χ3v) is 3.00. The fourth-order valence-corrected chi connectivity index (χ4v) is 1.94. The van der Waals surface area contributed by atoms with Gasteiger partial charge in [-0.05, 0) is 56.2 Å². The van der Waals surface area contributed by atoms with Gasteiger partial charge in [-0.3, -0.25) is 0 Å². The van der Waals surface area contributed by atoms with E-state index in [4.69, 9.17) is 14.2 Å². The molecule has 0 saturated carbocycles. The predicted molar refractivity (Wildman–Crippen MR) is 91.8 cm³/mol. The summed E-state index contributed by atoms with van der Waals surface area (Å²) in [7, 11) is 1.25. The molecule has 25 heavy (non-hydrogen) atoms. The first kappa shape index (κ1) is 18.3. The van der Waals surface area contributed by atoms with E-state index in [1.165, 1.54) is 7.11 Å². The Morgan fingerprint density at radius 2 is 1.12 bits per heavy atom. The highest BCUT2D eigenvalue weighted by Gasteiger charge is 2.18. The molecule has 0 aromatic heterocycles. The number of benzene rings is 2. The Labute approximate surface area is 146 Å². The fraction of sp³-hybridized carbons (Fsp3) is 0.263. The van der Waals surface area contributed by atoms with Crippen LogP contribution in [-0.4, -0.2) is 25.0 Å². The Bertz CT molecular complexity index is 726. The second-order valence-corrected chi connectivity index (χ2v) is 6.17. The molecule has 2 rings (SSSR count). The Hall–Kier alpha value is -3.02. The van der Waals surface area contributed by atoms with Crippen molar-refractivity contribution in [2.75, 3.05) is 7.11 Å². The molecule has 0 radical (unpaired) electrons. The van der Waals surface area contributed by atoms with Gasteiger partial charge in [0.1, 0.15) is 17.1 Å². The van der Waals surface area contributed by atoms with Gasteiger partial charge in [0.15, 0.2) is 0 Å². The average Bonchev–Trinajstić information content (AvgIpc) is 2.54. The van der Waals surface area contributed by atoms with Gasteiger partial charge in [0.05, 0.1) is 7.11 Å². The molecule has 6 heteroatoms. The minimum absolute atomic E-state index is 0.389. The summed E-state index contributed by atoms with van der Waals surface area (Å²) < 4.78 is 19.6. The van der Waals surface area contributed by atoms with Crippen LogP contribution in [0.25, 0.3) is 11.1 Å². The molecule has 0 aliphatic heterocycles. The monoisotopic (exact) mass is 344 g/mol. The first-order valence-electron chi connectivity index (χ1n) is 7.64. The lowest BCUT2D eigenvalue weighted by Gasteiger charge is -2.18. The van der Waals surface area contributed by atoms with Crippen LogP contribution in [0.1, 0.15) is 20.8 Å². The molecule has 0 fully saturated rings. The molecule has 0 unspecified atom stereocenters. The minimum atomic E-state index is -0.767. The van der Waals surface area contributed by atoms with Crippen LogP contribution >= 0.6 is 0 Å². The van der Waals surface area contributed by atoms with E-state index in [2.05, 4.69) is 4.74 Å². The fourth-order valence-electron chi connectivity index (χ4n) is 1.94. The van der Waals surface area contributed by atoms with Crippen LogP contribution < -0.4 is 9.47 Å². The standard InChI is InChI=1S/C19H20O6/c1-19(2,3)25-18(21)24-16-11-7-14(8-12-16)13-5-9-15(10-6-13)23-17(20)22-4/h5-12H,1-4H3. The SMILES string of the molecule is COC(=O)Oc1ccc(-c2ccc(OC(=O)OC(C)(C)C)cc2)cc1. The van der Waals surface area contributed by atoms with Crippen molar-refractivity contribution < 1.29 is 28.5 Å². The Balaban J connectivity index is 2.02. The van der Waals surface area contributed by atoms with Crippen molar-refractivity contribution in [3.8, 4) is 22.6 Å². The normalized spacial score (nSPS) is 10.7. The molecule has 0 amide bonds. The summed E-state index contributed by atoms with van der Waals surface area (Å²) >= 11 is 0. The van der Waals surface area contributed by atoms with E-state index >= 15 is 0 Å². The zero-order chi connectivity index (χ0) is 18.4. The van der Waals surface area contributed by atoms with Gasteiger partial charge in [0, 0.05) is 0 Å².